The Morgan fingerprint density at radius 3 is 3.13 bits per heavy atom. The zero-order valence-corrected chi connectivity index (χ0v) is 9.43. The molecule has 0 saturated carbocycles. The van der Waals surface area contributed by atoms with Crippen LogP contribution in [0.25, 0.3) is 10.2 Å². The van der Waals surface area contributed by atoms with Gasteiger partial charge in [-0.25, -0.2) is 14.8 Å². The maximum Gasteiger partial charge on any atom is 0.367 e. The van der Waals surface area contributed by atoms with E-state index in [4.69, 9.17) is 16.3 Å². The maximum absolute atomic E-state index is 11.4. The van der Waals surface area contributed by atoms with E-state index >= 15 is 0 Å². The molecule has 0 fully saturated rings. The number of carbonyl (C=O) groups excluding carboxylic acids is 1. The Morgan fingerprint density at radius 1 is 1.67 bits per heavy atom. The predicted octanol–water partition coefficient (Wildman–Crippen LogP) is 2.52. The lowest BCUT2D eigenvalue weighted by Gasteiger charge is -1.94. The molecule has 6 heteroatoms. The highest BCUT2D eigenvalue weighted by atomic mass is 35.5. The second-order valence-electron chi connectivity index (χ2n) is 2.69. The standard InChI is InChI=1S/C9H7ClN2O2S/c1-2-14-9(13)8-12-6-5(15-8)3-4-11-7(6)10/h3-4H,2H2,1H3. The summed E-state index contributed by atoms with van der Waals surface area (Å²) in [5.74, 6) is -0.422. The van der Waals surface area contributed by atoms with Crippen molar-refractivity contribution in [3.63, 3.8) is 0 Å². The molecule has 0 unspecified atom stereocenters. The minimum Gasteiger partial charge on any atom is -0.461 e. The molecule has 0 aliphatic carbocycles. The van der Waals surface area contributed by atoms with Crippen LogP contribution < -0.4 is 0 Å². The summed E-state index contributed by atoms with van der Waals surface area (Å²) in [7, 11) is 0. The van der Waals surface area contributed by atoms with Crippen molar-refractivity contribution in [2.75, 3.05) is 6.61 Å². The van der Waals surface area contributed by atoms with E-state index in [1.165, 1.54) is 11.3 Å². The Bertz CT molecular complexity index is 512. The fraction of sp³-hybridized carbons (Fsp3) is 0.222. The molecule has 0 amide bonds. The third-order valence-corrected chi connectivity index (χ3v) is 2.99. The molecule has 2 rings (SSSR count). The van der Waals surface area contributed by atoms with Crippen LogP contribution in [0, 0.1) is 0 Å². The van der Waals surface area contributed by atoms with Crippen molar-refractivity contribution < 1.29 is 9.53 Å². The van der Waals surface area contributed by atoms with Crippen molar-refractivity contribution in [1.82, 2.24) is 9.97 Å². The molecule has 0 N–H and O–H groups in total. The van der Waals surface area contributed by atoms with Crippen molar-refractivity contribution in [3.8, 4) is 0 Å². The predicted molar refractivity (Wildman–Crippen MR) is 58.4 cm³/mol. The highest BCUT2D eigenvalue weighted by Gasteiger charge is 2.14. The number of hydrogen-bond donors (Lipinski definition) is 0. The van der Waals surface area contributed by atoms with Gasteiger partial charge < -0.3 is 4.74 Å². The SMILES string of the molecule is CCOC(=O)c1nc2c(Cl)nccc2s1. The highest BCUT2D eigenvalue weighted by molar-refractivity contribution is 7.20. The first kappa shape index (κ1) is 10.3. The fourth-order valence-electron chi connectivity index (χ4n) is 1.10. The average molecular weight is 243 g/mol. The minimum atomic E-state index is -0.422. The number of esters is 1. The summed E-state index contributed by atoms with van der Waals surface area (Å²) in [6.45, 7) is 2.08. The molecule has 4 nitrogen and oxygen atoms in total. The number of carbonyl (C=O) groups is 1. The Hall–Kier alpha value is -1.20. The number of rotatable bonds is 2. The number of halogens is 1. The Balaban J connectivity index is 2.47. The Morgan fingerprint density at radius 2 is 2.47 bits per heavy atom. The van der Waals surface area contributed by atoms with Gasteiger partial charge in [0.15, 0.2) is 5.15 Å². The van der Waals surface area contributed by atoms with E-state index in [1.807, 2.05) is 0 Å². The van der Waals surface area contributed by atoms with Crippen molar-refractivity contribution in [2.24, 2.45) is 0 Å². The molecule has 0 saturated heterocycles. The van der Waals surface area contributed by atoms with Crippen LogP contribution >= 0.6 is 22.9 Å². The molecule has 2 aromatic rings. The highest BCUT2D eigenvalue weighted by Crippen LogP contribution is 2.26. The van der Waals surface area contributed by atoms with E-state index in [1.54, 1.807) is 19.2 Å². The van der Waals surface area contributed by atoms with Gasteiger partial charge in [0.2, 0.25) is 5.01 Å². The summed E-state index contributed by atoms with van der Waals surface area (Å²) < 4.78 is 5.67. The maximum atomic E-state index is 11.4. The molecular formula is C9H7ClN2O2S. The average Bonchev–Trinajstić information content (AvgIpc) is 2.63. The summed E-state index contributed by atoms with van der Waals surface area (Å²) in [4.78, 5) is 19.4. The fourth-order valence-corrected chi connectivity index (χ4v) is 2.22. The zero-order chi connectivity index (χ0) is 10.8. The van der Waals surface area contributed by atoms with E-state index in [0.29, 0.717) is 22.3 Å². The van der Waals surface area contributed by atoms with E-state index in [2.05, 4.69) is 9.97 Å². The largest absolute Gasteiger partial charge is 0.461 e. The normalized spacial score (nSPS) is 10.5. The van der Waals surface area contributed by atoms with Gasteiger partial charge in [0.05, 0.1) is 11.3 Å². The molecule has 78 valence electrons. The third-order valence-electron chi connectivity index (χ3n) is 1.71. The molecular weight excluding hydrogens is 236 g/mol. The number of fused-ring (bicyclic) bond motifs is 1. The van der Waals surface area contributed by atoms with Crippen LogP contribution in [-0.2, 0) is 4.74 Å². The van der Waals surface area contributed by atoms with Gasteiger partial charge in [-0.2, -0.15) is 0 Å². The molecule has 0 aromatic carbocycles. The van der Waals surface area contributed by atoms with E-state index < -0.39 is 5.97 Å². The lowest BCUT2D eigenvalue weighted by Crippen LogP contribution is -2.03. The number of ether oxygens (including phenoxy) is 1. The molecule has 15 heavy (non-hydrogen) atoms. The molecule has 0 radical (unpaired) electrons. The van der Waals surface area contributed by atoms with Crippen LogP contribution in [-0.4, -0.2) is 22.5 Å². The number of pyridine rings is 1. The molecule has 0 spiro atoms. The number of aromatic nitrogens is 2. The van der Waals surface area contributed by atoms with E-state index in [-0.39, 0.29) is 0 Å². The molecule has 2 aromatic heterocycles. The van der Waals surface area contributed by atoms with Gasteiger partial charge in [0.25, 0.3) is 0 Å². The number of hydrogen-bond acceptors (Lipinski definition) is 5. The molecule has 0 aliphatic heterocycles. The van der Waals surface area contributed by atoms with Gasteiger partial charge in [-0.1, -0.05) is 11.6 Å². The second kappa shape index (κ2) is 4.12. The monoisotopic (exact) mass is 242 g/mol. The Kier molecular flexibility index (Phi) is 2.83. The summed E-state index contributed by atoms with van der Waals surface area (Å²) in [5.41, 5.74) is 0.548. The quantitative estimate of drug-likeness (QED) is 0.600. The van der Waals surface area contributed by atoms with Crippen LogP contribution in [0.1, 0.15) is 16.7 Å². The number of thiazole rings is 1. The van der Waals surface area contributed by atoms with Gasteiger partial charge >= 0.3 is 5.97 Å². The third kappa shape index (κ3) is 1.93. The molecule has 0 atom stereocenters. The van der Waals surface area contributed by atoms with Crippen molar-refractivity contribution in [2.45, 2.75) is 6.92 Å². The second-order valence-corrected chi connectivity index (χ2v) is 4.08. The Labute approximate surface area is 94.9 Å². The van der Waals surface area contributed by atoms with Gasteiger partial charge in [-0.05, 0) is 13.0 Å². The summed E-state index contributed by atoms with van der Waals surface area (Å²) in [5, 5.41) is 0.612. The molecule has 0 bridgehead atoms. The topological polar surface area (TPSA) is 52.1 Å². The molecule has 0 aliphatic rings. The summed E-state index contributed by atoms with van der Waals surface area (Å²) in [6.07, 6.45) is 1.58. The van der Waals surface area contributed by atoms with Crippen LogP contribution in [0.15, 0.2) is 12.3 Å². The summed E-state index contributed by atoms with van der Waals surface area (Å²) >= 11 is 7.08. The van der Waals surface area contributed by atoms with Gasteiger partial charge in [-0.15, -0.1) is 11.3 Å². The number of nitrogens with zero attached hydrogens (tertiary/aromatic N) is 2. The summed E-state index contributed by atoms with van der Waals surface area (Å²) in [6, 6.07) is 1.77. The van der Waals surface area contributed by atoms with E-state index in [9.17, 15) is 4.79 Å². The minimum absolute atomic E-state index is 0.305. The lowest BCUT2D eigenvalue weighted by atomic mass is 10.4. The smallest absolute Gasteiger partial charge is 0.367 e. The first-order valence-corrected chi connectivity index (χ1v) is 5.50. The van der Waals surface area contributed by atoms with Gasteiger partial charge in [0, 0.05) is 6.20 Å². The lowest BCUT2D eigenvalue weighted by molar-refractivity contribution is 0.0526. The van der Waals surface area contributed by atoms with Crippen molar-refractivity contribution in [1.29, 1.82) is 0 Å². The van der Waals surface area contributed by atoms with Crippen LogP contribution in [0.4, 0.5) is 0 Å². The van der Waals surface area contributed by atoms with Gasteiger partial charge in [-0.3, -0.25) is 0 Å². The molecule has 2 heterocycles. The van der Waals surface area contributed by atoms with Crippen LogP contribution in [0.5, 0.6) is 0 Å². The van der Waals surface area contributed by atoms with Crippen molar-refractivity contribution in [3.05, 3.63) is 22.4 Å². The first-order valence-electron chi connectivity index (χ1n) is 4.30. The van der Waals surface area contributed by atoms with Gasteiger partial charge in [0.1, 0.15) is 5.52 Å². The van der Waals surface area contributed by atoms with Crippen LogP contribution in [0.3, 0.4) is 0 Å². The van der Waals surface area contributed by atoms with E-state index in [0.717, 1.165) is 4.70 Å². The van der Waals surface area contributed by atoms with Crippen molar-refractivity contribution >= 4 is 39.1 Å². The first-order chi connectivity index (χ1) is 7.22. The van der Waals surface area contributed by atoms with Crippen LogP contribution in [0.2, 0.25) is 5.15 Å². The zero-order valence-electron chi connectivity index (χ0n) is 7.86.